The topological polar surface area (TPSA) is 6.48 Å². The van der Waals surface area contributed by atoms with Crippen LogP contribution in [0.4, 0.5) is 34.1 Å². The highest BCUT2D eigenvalue weighted by atomic mass is 15.1. The van der Waals surface area contributed by atoms with Crippen molar-refractivity contribution >= 4 is 34.1 Å². The molecule has 322 valence electrons. The van der Waals surface area contributed by atoms with E-state index in [2.05, 4.69) is 301 Å². The van der Waals surface area contributed by atoms with Crippen LogP contribution in [-0.2, 0) is 0 Å². The number of rotatable bonds is 12. The summed E-state index contributed by atoms with van der Waals surface area (Å²) in [4.78, 5) is 4.64. The molecule has 0 radical (unpaired) electrons. The molecule has 68 heavy (non-hydrogen) atoms. The van der Waals surface area contributed by atoms with Crippen molar-refractivity contribution in [3.05, 3.63) is 291 Å². The Labute approximate surface area is 400 Å². The van der Waals surface area contributed by atoms with Crippen LogP contribution in [0.2, 0.25) is 0 Å². The standard InChI is InChI=1S/C66H48N2/c1-5-17-49(18-6-1)51-31-39-61(40-32-51)67(59-25-9-3-10-26-59)63-43-35-53(36-44-63)55-21-15-23-57(47-55)65-29-13-14-30-66(65)58-24-16-22-56(48-58)54-37-45-64(46-38-54)68(60-27-11-4-12-28-60)62-41-33-52(34-42-62)50-19-7-2-8-20-50/h1-48H. The quantitative estimate of drug-likeness (QED) is 0.121. The molecule has 0 aromatic heterocycles. The molecule has 0 fully saturated rings. The van der Waals surface area contributed by atoms with E-state index in [4.69, 9.17) is 0 Å². The number of hydrogen-bond acceptors (Lipinski definition) is 2. The molecule has 0 aliphatic heterocycles. The number of anilines is 6. The van der Waals surface area contributed by atoms with Crippen LogP contribution in [0.5, 0.6) is 0 Å². The molecule has 2 nitrogen and oxygen atoms in total. The van der Waals surface area contributed by atoms with Crippen LogP contribution in [0.3, 0.4) is 0 Å². The molecule has 0 spiro atoms. The summed E-state index contributed by atoms with van der Waals surface area (Å²) in [5.74, 6) is 0. The van der Waals surface area contributed by atoms with Gasteiger partial charge in [0.05, 0.1) is 0 Å². The maximum absolute atomic E-state index is 2.32. The van der Waals surface area contributed by atoms with Crippen LogP contribution < -0.4 is 9.80 Å². The van der Waals surface area contributed by atoms with Crippen LogP contribution in [0.25, 0.3) is 66.8 Å². The summed E-state index contributed by atoms with van der Waals surface area (Å²) < 4.78 is 0. The summed E-state index contributed by atoms with van der Waals surface area (Å²) in [5, 5.41) is 0. The lowest BCUT2D eigenvalue weighted by atomic mass is 9.91. The van der Waals surface area contributed by atoms with Crippen LogP contribution >= 0.6 is 0 Å². The monoisotopic (exact) mass is 868 g/mol. The Morgan fingerprint density at radius 3 is 0.691 bits per heavy atom. The number of para-hydroxylation sites is 2. The van der Waals surface area contributed by atoms with Gasteiger partial charge in [-0.05, 0) is 152 Å². The fourth-order valence-corrected chi connectivity index (χ4v) is 9.24. The summed E-state index contributed by atoms with van der Waals surface area (Å²) in [6.45, 7) is 0. The number of nitrogens with zero attached hydrogens (tertiary/aromatic N) is 2. The second-order valence-corrected chi connectivity index (χ2v) is 17.0. The second kappa shape index (κ2) is 19.2. The minimum atomic E-state index is 1.10. The molecule has 0 bridgehead atoms. The molecule has 11 aromatic carbocycles. The van der Waals surface area contributed by atoms with Gasteiger partial charge in [-0.3, -0.25) is 0 Å². The Hall–Kier alpha value is -8.98. The van der Waals surface area contributed by atoms with Gasteiger partial charge in [-0.15, -0.1) is 0 Å². The first-order chi connectivity index (χ1) is 33.7. The predicted octanol–water partition coefficient (Wildman–Crippen LogP) is 18.6. The van der Waals surface area contributed by atoms with E-state index in [1.54, 1.807) is 0 Å². The van der Waals surface area contributed by atoms with Crippen LogP contribution in [0.15, 0.2) is 291 Å². The lowest BCUT2D eigenvalue weighted by Crippen LogP contribution is -2.09. The normalized spacial score (nSPS) is 10.9. The zero-order chi connectivity index (χ0) is 45.5. The third-order valence-electron chi connectivity index (χ3n) is 12.7. The highest BCUT2D eigenvalue weighted by Gasteiger charge is 2.16. The third-order valence-corrected chi connectivity index (χ3v) is 12.7. The molecule has 0 unspecified atom stereocenters. The lowest BCUT2D eigenvalue weighted by molar-refractivity contribution is 1.28. The van der Waals surface area contributed by atoms with Gasteiger partial charge >= 0.3 is 0 Å². The van der Waals surface area contributed by atoms with Gasteiger partial charge in [0.25, 0.3) is 0 Å². The molecule has 11 rings (SSSR count). The molecular formula is C66H48N2. The Morgan fingerprint density at radius 2 is 0.368 bits per heavy atom. The first-order valence-electron chi connectivity index (χ1n) is 23.2. The first-order valence-corrected chi connectivity index (χ1v) is 23.2. The molecule has 0 aliphatic rings. The molecule has 11 aromatic rings. The van der Waals surface area contributed by atoms with E-state index in [0.717, 1.165) is 34.1 Å². The van der Waals surface area contributed by atoms with Gasteiger partial charge in [0, 0.05) is 34.1 Å². The predicted molar refractivity (Wildman–Crippen MR) is 288 cm³/mol. The second-order valence-electron chi connectivity index (χ2n) is 17.0. The maximum Gasteiger partial charge on any atom is 0.0462 e. The van der Waals surface area contributed by atoms with E-state index in [9.17, 15) is 0 Å². The summed E-state index contributed by atoms with van der Waals surface area (Å²) in [6.07, 6.45) is 0. The molecule has 0 saturated carbocycles. The average molecular weight is 869 g/mol. The van der Waals surface area contributed by atoms with E-state index in [1.165, 1.54) is 66.8 Å². The van der Waals surface area contributed by atoms with Gasteiger partial charge in [-0.25, -0.2) is 0 Å². The Kier molecular flexibility index (Phi) is 11.8. The Morgan fingerprint density at radius 1 is 0.147 bits per heavy atom. The minimum Gasteiger partial charge on any atom is -0.311 e. The Bertz CT molecular complexity index is 3150. The largest absolute Gasteiger partial charge is 0.311 e. The van der Waals surface area contributed by atoms with Gasteiger partial charge in [0.15, 0.2) is 0 Å². The summed E-state index contributed by atoms with van der Waals surface area (Å²) >= 11 is 0. The molecular weight excluding hydrogens is 821 g/mol. The fourth-order valence-electron chi connectivity index (χ4n) is 9.24. The van der Waals surface area contributed by atoms with E-state index in [1.807, 2.05) is 0 Å². The SMILES string of the molecule is c1ccc(-c2ccc(N(c3ccccc3)c3ccc(-c4cccc(-c5ccccc5-c5cccc(-c6ccc(N(c7ccccc7)c7ccc(-c8ccccc8)cc7)cc6)c5)c4)cc3)cc2)cc1. The highest BCUT2D eigenvalue weighted by molar-refractivity contribution is 5.88. The lowest BCUT2D eigenvalue weighted by Gasteiger charge is -2.26. The van der Waals surface area contributed by atoms with Crippen molar-refractivity contribution in [1.82, 2.24) is 0 Å². The zero-order valence-electron chi connectivity index (χ0n) is 37.6. The van der Waals surface area contributed by atoms with Crippen molar-refractivity contribution in [1.29, 1.82) is 0 Å². The van der Waals surface area contributed by atoms with Gasteiger partial charge in [0.2, 0.25) is 0 Å². The summed E-state index contributed by atoms with van der Waals surface area (Å²) in [7, 11) is 0. The van der Waals surface area contributed by atoms with Gasteiger partial charge in [0.1, 0.15) is 0 Å². The van der Waals surface area contributed by atoms with Gasteiger partial charge in [-0.2, -0.15) is 0 Å². The van der Waals surface area contributed by atoms with Gasteiger partial charge in [-0.1, -0.05) is 206 Å². The van der Waals surface area contributed by atoms with E-state index in [0.29, 0.717) is 0 Å². The molecule has 2 heteroatoms. The molecule has 0 saturated heterocycles. The smallest absolute Gasteiger partial charge is 0.0462 e. The highest BCUT2D eigenvalue weighted by Crippen LogP contribution is 2.40. The van der Waals surface area contributed by atoms with Crippen molar-refractivity contribution in [2.75, 3.05) is 9.80 Å². The van der Waals surface area contributed by atoms with E-state index < -0.39 is 0 Å². The third kappa shape index (κ3) is 8.87. The van der Waals surface area contributed by atoms with Crippen molar-refractivity contribution in [2.24, 2.45) is 0 Å². The summed E-state index contributed by atoms with van der Waals surface area (Å²) in [6, 6.07) is 104. The molecule has 0 atom stereocenters. The number of benzene rings is 11. The summed E-state index contributed by atoms with van der Waals surface area (Å²) in [5.41, 5.74) is 20.9. The van der Waals surface area contributed by atoms with Crippen molar-refractivity contribution in [3.8, 4) is 66.8 Å². The molecule has 0 heterocycles. The van der Waals surface area contributed by atoms with Crippen LogP contribution in [-0.4, -0.2) is 0 Å². The van der Waals surface area contributed by atoms with Crippen LogP contribution in [0, 0.1) is 0 Å². The van der Waals surface area contributed by atoms with E-state index >= 15 is 0 Å². The molecule has 0 aliphatic carbocycles. The minimum absolute atomic E-state index is 1.10. The first kappa shape index (κ1) is 41.7. The molecule has 0 N–H and O–H groups in total. The maximum atomic E-state index is 2.32. The Balaban J connectivity index is 0.858. The van der Waals surface area contributed by atoms with Crippen molar-refractivity contribution in [3.63, 3.8) is 0 Å². The number of hydrogen-bond donors (Lipinski definition) is 0. The van der Waals surface area contributed by atoms with Crippen LogP contribution in [0.1, 0.15) is 0 Å². The average Bonchev–Trinajstić information content (AvgIpc) is 3.43. The fraction of sp³-hybridized carbons (Fsp3) is 0. The molecule has 0 amide bonds. The van der Waals surface area contributed by atoms with E-state index in [-0.39, 0.29) is 0 Å². The van der Waals surface area contributed by atoms with Gasteiger partial charge < -0.3 is 9.80 Å². The van der Waals surface area contributed by atoms with Crippen molar-refractivity contribution in [2.45, 2.75) is 0 Å². The van der Waals surface area contributed by atoms with Crippen molar-refractivity contribution < 1.29 is 0 Å². The zero-order valence-corrected chi connectivity index (χ0v) is 37.6.